The van der Waals surface area contributed by atoms with Crippen LogP contribution in [0.3, 0.4) is 0 Å². The zero-order chi connectivity index (χ0) is 10.6. The van der Waals surface area contributed by atoms with Crippen molar-refractivity contribution in [3.63, 3.8) is 0 Å². The fourth-order valence-corrected chi connectivity index (χ4v) is 1.38. The SMILES string of the molecule is O=C(CCl)C(=O)C(Cl)c1ccccc1. The Balaban J connectivity index is 2.81. The van der Waals surface area contributed by atoms with Crippen LogP contribution >= 0.6 is 23.2 Å². The molecule has 1 rings (SSSR count). The summed E-state index contributed by atoms with van der Waals surface area (Å²) in [5.41, 5.74) is 0.609. The predicted molar refractivity (Wildman–Crippen MR) is 55.8 cm³/mol. The fraction of sp³-hybridized carbons (Fsp3) is 0.200. The lowest BCUT2D eigenvalue weighted by atomic mass is 10.1. The van der Waals surface area contributed by atoms with E-state index in [0.29, 0.717) is 5.56 Å². The highest BCUT2D eigenvalue weighted by atomic mass is 35.5. The molecule has 0 amide bonds. The van der Waals surface area contributed by atoms with E-state index in [0.717, 1.165) is 0 Å². The second-order valence-corrected chi connectivity index (χ2v) is 3.40. The number of Topliss-reactive ketones (excluding diaryl/α,β-unsaturated/α-hetero) is 2. The summed E-state index contributed by atoms with van der Waals surface area (Å²) in [7, 11) is 0. The van der Waals surface area contributed by atoms with Gasteiger partial charge in [0.25, 0.3) is 0 Å². The van der Waals surface area contributed by atoms with Crippen LogP contribution in [-0.4, -0.2) is 17.4 Å². The van der Waals surface area contributed by atoms with E-state index in [2.05, 4.69) is 0 Å². The van der Waals surface area contributed by atoms with Crippen LogP contribution < -0.4 is 0 Å². The Kier molecular flexibility index (Phi) is 4.11. The van der Waals surface area contributed by atoms with Gasteiger partial charge in [-0.3, -0.25) is 9.59 Å². The van der Waals surface area contributed by atoms with Gasteiger partial charge in [0.1, 0.15) is 5.38 Å². The van der Waals surface area contributed by atoms with Gasteiger partial charge in [-0.1, -0.05) is 30.3 Å². The van der Waals surface area contributed by atoms with Gasteiger partial charge in [0.05, 0.1) is 5.88 Å². The molecule has 2 nitrogen and oxygen atoms in total. The standard InChI is InChI=1S/C10H8Cl2O2/c11-6-8(13)10(14)9(12)7-4-2-1-3-5-7/h1-5,9H,6H2. The third kappa shape index (κ3) is 2.56. The molecular formula is C10H8Cl2O2. The zero-order valence-corrected chi connectivity index (χ0v) is 8.76. The van der Waals surface area contributed by atoms with Gasteiger partial charge < -0.3 is 0 Å². The summed E-state index contributed by atoms with van der Waals surface area (Å²) in [5.74, 6) is -1.64. The van der Waals surface area contributed by atoms with Crippen LogP contribution in [0.15, 0.2) is 30.3 Å². The predicted octanol–water partition coefficient (Wildman–Crippen LogP) is 2.34. The Morgan fingerprint density at radius 3 is 2.29 bits per heavy atom. The molecule has 0 aromatic heterocycles. The van der Waals surface area contributed by atoms with E-state index in [4.69, 9.17) is 23.2 Å². The minimum atomic E-state index is -0.928. The number of rotatable bonds is 4. The third-order valence-corrected chi connectivity index (χ3v) is 2.41. The first-order valence-corrected chi connectivity index (χ1v) is 4.96. The maximum absolute atomic E-state index is 11.3. The van der Waals surface area contributed by atoms with Crippen LogP contribution in [0, 0.1) is 0 Å². The minimum Gasteiger partial charge on any atom is -0.289 e. The Hall–Kier alpha value is -0.860. The second kappa shape index (κ2) is 5.13. The molecule has 0 fully saturated rings. The van der Waals surface area contributed by atoms with Gasteiger partial charge >= 0.3 is 0 Å². The summed E-state index contributed by atoms with van der Waals surface area (Å²) in [6.07, 6.45) is 0. The molecule has 0 N–H and O–H groups in total. The topological polar surface area (TPSA) is 34.1 Å². The first kappa shape index (κ1) is 11.2. The number of halogens is 2. The first-order chi connectivity index (χ1) is 6.66. The normalized spacial score (nSPS) is 12.1. The van der Waals surface area contributed by atoms with Gasteiger partial charge in [-0.05, 0) is 5.56 Å². The molecule has 14 heavy (non-hydrogen) atoms. The van der Waals surface area contributed by atoms with E-state index in [1.165, 1.54) is 0 Å². The maximum Gasteiger partial charge on any atom is 0.221 e. The summed E-state index contributed by atoms with van der Waals surface area (Å²) < 4.78 is 0. The molecule has 74 valence electrons. The Bertz CT molecular complexity index is 335. The summed E-state index contributed by atoms with van der Waals surface area (Å²) in [6, 6.07) is 8.70. The maximum atomic E-state index is 11.3. The summed E-state index contributed by atoms with van der Waals surface area (Å²) in [6.45, 7) is 0. The molecule has 0 saturated heterocycles. The lowest BCUT2D eigenvalue weighted by Crippen LogP contribution is -2.19. The zero-order valence-electron chi connectivity index (χ0n) is 7.24. The number of benzene rings is 1. The Morgan fingerprint density at radius 2 is 1.79 bits per heavy atom. The number of ketones is 2. The van der Waals surface area contributed by atoms with Crippen LogP contribution in [0.25, 0.3) is 0 Å². The summed E-state index contributed by atoms with van der Waals surface area (Å²) >= 11 is 11.1. The third-order valence-electron chi connectivity index (χ3n) is 1.72. The molecule has 0 aliphatic heterocycles. The average Bonchev–Trinajstić information content (AvgIpc) is 2.27. The van der Waals surface area contributed by atoms with E-state index in [9.17, 15) is 9.59 Å². The van der Waals surface area contributed by atoms with Crippen molar-refractivity contribution >= 4 is 34.8 Å². The van der Waals surface area contributed by atoms with E-state index < -0.39 is 16.9 Å². The van der Waals surface area contributed by atoms with E-state index >= 15 is 0 Å². The van der Waals surface area contributed by atoms with Gasteiger partial charge in [-0.25, -0.2) is 0 Å². The van der Waals surface area contributed by atoms with E-state index in [-0.39, 0.29) is 5.88 Å². The van der Waals surface area contributed by atoms with Crippen molar-refractivity contribution in [1.82, 2.24) is 0 Å². The van der Waals surface area contributed by atoms with Crippen molar-refractivity contribution in [2.24, 2.45) is 0 Å². The highest BCUT2D eigenvalue weighted by Gasteiger charge is 2.23. The number of alkyl halides is 2. The number of carbonyl (C=O) groups excluding carboxylic acids is 2. The lowest BCUT2D eigenvalue weighted by Gasteiger charge is -2.05. The van der Waals surface area contributed by atoms with E-state index in [1.807, 2.05) is 0 Å². The van der Waals surface area contributed by atoms with Crippen molar-refractivity contribution in [2.45, 2.75) is 5.38 Å². The highest BCUT2D eigenvalue weighted by Crippen LogP contribution is 2.21. The van der Waals surface area contributed by atoms with Gasteiger partial charge in [0.2, 0.25) is 11.6 Å². The summed E-state index contributed by atoms with van der Waals surface area (Å²) in [4.78, 5) is 22.3. The fourth-order valence-electron chi connectivity index (χ4n) is 0.981. The van der Waals surface area contributed by atoms with Crippen LogP contribution in [0.5, 0.6) is 0 Å². The van der Waals surface area contributed by atoms with Crippen molar-refractivity contribution in [2.75, 3.05) is 5.88 Å². The molecule has 0 heterocycles. The quantitative estimate of drug-likeness (QED) is 0.588. The second-order valence-electron chi connectivity index (χ2n) is 2.69. The Morgan fingerprint density at radius 1 is 1.21 bits per heavy atom. The number of hydrogen-bond donors (Lipinski definition) is 0. The van der Waals surface area contributed by atoms with Crippen molar-refractivity contribution in [3.05, 3.63) is 35.9 Å². The van der Waals surface area contributed by atoms with Gasteiger partial charge in [0, 0.05) is 0 Å². The average molecular weight is 231 g/mol. The molecule has 0 bridgehead atoms. The van der Waals surface area contributed by atoms with Crippen LogP contribution in [-0.2, 0) is 9.59 Å². The van der Waals surface area contributed by atoms with Crippen LogP contribution in [0.2, 0.25) is 0 Å². The lowest BCUT2D eigenvalue weighted by molar-refractivity contribution is -0.135. The van der Waals surface area contributed by atoms with Gasteiger partial charge in [-0.15, -0.1) is 23.2 Å². The molecule has 0 aliphatic carbocycles. The number of carbonyl (C=O) groups is 2. The summed E-state index contributed by atoms with van der Waals surface area (Å²) in [5, 5.41) is -0.928. The molecule has 1 aromatic carbocycles. The Labute approximate surface area is 91.8 Å². The molecule has 0 radical (unpaired) electrons. The van der Waals surface area contributed by atoms with Gasteiger partial charge in [-0.2, -0.15) is 0 Å². The molecule has 1 atom stereocenters. The van der Waals surface area contributed by atoms with Crippen molar-refractivity contribution < 1.29 is 9.59 Å². The smallest absolute Gasteiger partial charge is 0.221 e. The van der Waals surface area contributed by atoms with Gasteiger partial charge in [0.15, 0.2) is 0 Å². The number of hydrogen-bond acceptors (Lipinski definition) is 2. The first-order valence-electron chi connectivity index (χ1n) is 3.99. The van der Waals surface area contributed by atoms with E-state index in [1.54, 1.807) is 30.3 Å². The minimum absolute atomic E-state index is 0.325. The molecule has 1 aromatic rings. The molecule has 1 unspecified atom stereocenters. The molecular weight excluding hydrogens is 223 g/mol. The largest absolute Gasteiger partial charge is 0.289 e. The van der Waals surface area contributed by atoms with Crippen molar-refractivity contribution in [3.8, 4) is 0 Å². The molecule has 0 spiro atoms. The molecule has 4 heteroatoms. The van der Waals surface area contributed by atoms with Crippen LogP contribution in [0.4, 0.5) is 0 Å². The van der Waals surface area contributed by atoms with Crippen molar-refractivity contribution in [1.29, 1.82) is 0 Å². The van der Waals surface area contributed by atoms with Crippen LogP contribution in [0.1, 0.15) is 10.9 Å². The highest BCUT2D eigenvalue weighted by molar-refractivity contribution is 6.54. The monoisotopic (exact) mass is 230 g/mol. The molecule has 0 aliphatic rings. The molecule has 0 saturated carbocycles.